The first kappa shape index (κ1) is 19.2. The van der Waals surface area contributed by atoms with Gasteiger partial charge in [-0.05, 0) is 36.2 Å². The average Bonchev–Trinajstić information content (AvgIpc) is 2.71. The molecule has 0 aliphatic heterocycles. The Morgan fingerprint density at radius 1 is 1.07 bits per heavy atom. The minimum Gasteiger partial charge on any atom is -0.497 e. The van der Waals surface area contributed by atoms with Gasteiger partial charge in [0.1, 0.15) is 28.9 Å². The van der Waals surface area contributed by atoms with Gasteiger partial charge in [0.05, 0.1) is 25.2 Å². The quantitative estimate of drug-likeness (QED) is 0.652. The Kier molecular flexibility index (Phi) is 6.11. The normalized spacial score (nSPS) is 10.4. The molecule has 8 heteroatoms. The fraction of sp³-hybridized carbons (Fsp3) is 0.150. The minimum absolute atomic E-state index is 0.0624. The SMILES string of the molecule is COc1ccc(CCNC(=O)c2cnc(Nc3ccc(F)cc3F)cn2)cc1. The maximum Gasteiger partial charge on any atom is 0.271 e. The lowest BCUT2D eigenvalue weighted by atomic mass is 10.1. The first-order valence-corrected chi connectivity index (χ1v) is 8.50. The molecule has 0 aliphatic rings. The van der Waals surface area contributed by atoms with Crippen molar-refractivity contribution in [1.29, 1.82) is 0 Å². The van der Waals surface area contributed by atoms with Crippen molar-refractivity contribution in [3.63, 3.8) is 0 Å². The van der Waals surface area contributed by atoms with Crippen molar-refractivity contribution in [2.75, 3.05) is 19.0 Å². The monoisotopic (exact) mass is 384 g/mol. The molecule has 0 radical (unpaired) electrons. The molecule has 0 saturated carbocycles. The Bertz CT molecular complexity index is 947. The number of nitrogens with one attached hydrogen (secondary N) is 2. The second-order valence-electron chi connectivity index (χ2n) is 5.89. The summed E-state index contributed by atoms with van der Waals surface area (Å²) in [5.41, 5.74) is 1.26. The fourth-order valence-electron chi connectivity index (χ4n) is 2.44. The number of nitrogens with zero attached hydrogens (tertiary/aromatic N) is 2. The summed E-state index contributed by atoms with van der Waals surface area (Å²) in [6.45, 7) is 0.438. The minimum atomic E-state index is -0.748. The number of aromatic nitrogens is 2. The lowest BCUT2D eigenvalue weighted by molar-refractivity contribution is 0.0949. The highest BCUT2D eigenvalue weighted by Gasteiger charge is 2.09. The molecule has 0 atom stereocenters. The van der Waals surface area contributed by atoms with E-state index in [0.29, 0.717) is 13.0 Å². The fourth-order valence-corrected chi connectivity index (χ4v) is 2.44. The number of hydrogen-bond donors (Lipinski definition) is 2. The van der Waals surface area contributed by atoms with Crippen molar-refractivity contribution in [2.24, 2.45) is 0 Å². The summed E-state index contributed by atoms with van der Waals surface area (Å²) in [6.07, 6.45) is 3.25. The molecule has 28 heavy (non-hydrogen) atoms. The van der Waals surface area contributed by atoms with Crippen LogP contribution in [0.5, 0.6) is 5.75 Å². The van der Waals surface area contributed by atoms with Crippen LogP contribution in [-0.2, 0) is 6.42 Å². The van der Waals surface area contributed by atoms with Crippen molar-refractivity contribution in [2.45, 2.75) is 6.42 Å². The van der Waals surface area contributed by atoms with Gasteiger partial charge >= 0.3 is 0 Å². The standard InChI is InChI=1S/C20H18F2N4O2/c1-28-15-5-2-13(3-6-15)8-9-23-20(27)18-11-25-19(12-24-18)26-17-7-4-14(21)10-16(17)22/h2-7,10-12H,8-9H2,1H3,(H,23,27)(H,25,26). The van der Waals surface area contributed by atoms with E-state index in [0.717, 1.165) is 23.4 Å². The number of hydrogen-bond acceptors (Lipinski definition) is 5. The van der Waals surface area contributed by atoms with Crippen molar-refractivity contribution in [3.8, 4) is 5.75 Å². The molecule has 1 heterocycles. The van der Waals surface area contributed by atoms with E-state index in [4.69, 9.17) is 4.74 Å². The van der Waals surface area contributed by atoms with Gasteiger partial charge < -0.3 is 15.4 Å². The predicted molar refractivity (Wildman–Crippen MR) is 101 cm³/mol. The largest absolute Gasteiger partial charge is 0.497 e. The number of halogens is 2. The third kappa shape index (κ3) is 5.00. The van der Waals surface area contributed by atoms with Gasteiger partial charge in [-0.15, -0.1) is 0 Å². The van der Waals surface area contributed by atoms with E-state index in [1.54, 1.807) is 7.11 Å². The second kappa shape index (κ2) is 8.90. The Labute approximate surface area is 160 Å². The Morgan fingerprint density at radius 2 is 1.86 bits per heavy atom. The number of carbonyl (C=O) groups excluding carboxylic acids is 1. The molecular formula is C20H18F2N4O2. The summed E-state index contributed by atoms with van der Waals surface area (Å²) >= 11 is 0. The number of ether oxygens (including phenoxy) is 1. The predicted octanol–water partition coefficient (Wildman–Crippen LogP) is 3.48. The zero-order valence-corrected chi connectivity index (χ0v) is 15.1. The van der Waals surface area contributed by atoms with Crippen LogP contribution in [0, 0.1) is 11.6 Å². The van der Waals surface area contributed by atoms with Gasteiger partial charge in [0.25, 0.3) is 5.91 Å². The van der Waals surface area contributed by atoms with Crippen LogP contribution in [0.2, 0.25) is 0 Å². The zero-order valence-electron chi connectivity index (χ0n) is 15.1. The third-order valence-corrected chi connectivity index (χ3v) is 3.94. The zero-order chi connectivity index (χ0) is 19.9. The molecular weight excluding hydrogens is 366 g/mol. The summed E-state index contributed by atoms with van der Waals surface area (Å²) in [5.74, 6) is -0.768. The lowest BCUT2D eigenvalue weighted by Crippen LogP contribution is -2.26. The Morgan fingerprint density at radius 3 is 2.50 bits per heavy atom. The first-order chi connectivity index (χ1) is 13.5. The van der Waals surface area contributed by atoms with Crippen molar-refractivity contribution in [3.05, 3.63) is 77.8 Å². The number of benzene rings is 2. The van der Waals surface area contributed by atoms with E-state index in [2.05, 4.69) is 20.6 Å². The maximum atomic E-state index is 13.6. The molecule has 1 aromatic heterocycles. The number of amides is 1. The molecule has 6 nitrogen and oxygen atoms in total. The molecule has 0 saturated heterocycles. The van der Waals surface area contributed by atoms with Crippen LogP contribution < -0.4 is 15.4 Å². The molecule has 144 valence electrons. The van der Waals surface area contributed by atoms with E-state index in [-0.39, 0.29) is 23.1 Å². The van der Waals surface area contributed by atoms with Gasteiger partial charge in [-0.1, -0.05) is 12.1 Å². The molecule has 0 aliphatic carbocycles. The summed E-state index contributed by atoms with van der Waals surface area (Å²) < 4.78 is 31.7. The van der Waals surface area contributed by atoms with E-state index < -0.39 is 11.6 Å². The summed E-state index contributed by atoms with van der Waals surface area (Å²) in [7, 11) is 1.60. The molecule has 0 fully saturated rings. The van der Waals surface area contributed by atoms with Crippen LogP contribution in [0.25, 0.3) is 0 Å². The molecule has 0 spiro atoms. The van der Waals surface area contributed by atoms with Gasteiger partial charge in [-0.25, -0.2) is 18.7 Å². The smallest absolute Gasteiger partial charge is 0.271 e. The van der Waals surface area contributed by atoms with Gasteiger partial charge in [0, 0.05) is 12.6 Å². The van der Waals surface area contributed by atoms with Crippen molar-refractivity contribution < 1.29 is 18.3 Å². The molecule has 3 rings (SSSR count). The molecule has 2 N–H and O–H groups in total. The van der Waals surface area contributed by atoms with Crippen LogP contribution in [0.15, 0.2) is 54.9 Å². The van der Waals surface area contributed by atoms with Gasteiger partial charge in [-0.2, -0.15) is 0 Å². The molecule has 2 aromatic carbocycles. The molecule has 3 aromatic rings. The van der Waals surface area contributed by atoms with Crippen LogP contribution in [0.1, 0.15) is 16.1 Å². The van der Waals surface area contributed by atoms with E-state index in [1.165, 1.54) is 18.5 Å². The average molecular weight is 384 g/mol. The van der Waals surface area contributed by atoms with Crippen molar-refractivity contribution >= 4 is 17.4 Å². The van der Waals surface area contributed by atoms with E-state index >= 15 is 0 Å². The molecule has 0 bridgehead atoms. The first-order valence-electron chi connectivity index (χ1n) is 8.50. The summed E-state index contributed by atoms with van der Waals surface area (Å²) in [4.78, 5) is 20.2. The van der Waals surface area contributed by atoms with Crippen LogP contribution in [-0.4, -0.2) is 29.5 Å². The van der Waals surface area contributed by atoms with E-state index in [9.17, 15) is 13.6 Å². The number of carbonyl (C=O) groups is 1. The number of anilines is 2. The second-order valence-corrected chi connectivity index (χ2v) is 5.89. The summed E-state index contributed by atoms with van der Waals surface area (Å²) in [6, 6.07) is 10.7. The van der Waals surface area contributed by atoms with Gasteiger partial charge in [-0.3, -0.25) is 4.79 Å². The Hall–Kier alpha value is -3.55. The van der Waals surface area contributed by atoms with Crippen molar-refractivity contribution in [1.82, 2.24) is 15.3 Å². The molecule has 0 unspecified atom stereocenters. The van der Waals surface area contributed by atoms with Gasteiger partial charge in [0.15, 0.2) is 0 Å². The highest BCUT2D eigenvalue weighted by Crippen LogP contribution is 2.18. The number of methoxy groups -OCH3 is 1. The molecule has 1 amide bonds. The van der Waals surface area contributed by atoms with Gasteiger partial charge in [0.2, 0.25) is 0 Å². The summed E-state index contributed by atoms with van der Waals surface area (Å²) in [5, 5.41) is 5.45. The van der Waals surface area contributed by atoms with Crippen LogP contribution >= 0.6 is 0 Å². The highest BCUT2D eigenvalue weighted by molar-refractivity contribution is 5.92. The van der Waals surface area contributed by atoms with E-state index in [1.807, 2.05) is 24.3 Å². The highest BCUT2D eigenvalue weighted by atomic mass is 19.1. The van der Waals surface area contributed by atoms with Crippen LogP contribution in [0.3, 0.4) is 0 Å². The number of rotatable bonds is 7. The van der Waals surface area contributed by atoms with Crippen LogP contribution in [0.4, 0.5) is 20.3 Å². The Balaban J connectivity index is 1.52. The maximum absolute atomic E-state index is 13.6. The topological polar surface area (TPSA) is 76.1 Å². The third-order valence-electron chi connectivity index (χ3n) is 3.94. The lowest BCUT2D eigenvalue weighted by Gasteiger charge is -2.08.